The predicted molar refractivity (Wildman–Crippen MR) is 44.0 cm³/mol. The second-order valence-electron chi connectivity index (χ2n) is 2.05. The number of hydrogen-bond donors (Lipinski definition) is 0. The Morgan fingerprint density at radius 1 is 1.27 bits per heavy atom. The summed E-state index contributed by atoms with van der Waals surface area (Å²) < 4.78 is 5.02. The number of nitrogens with zero attached hydrogens (tertiary/aromatic N) is 1. The van der Waals surface area contributed by atoms with Crippen molar-refractivity contribution in [2.75, 3.05) is 0 Å². The average molecular weight is 188 g/mol. The lowest BCUT2D eigenvalue weighted by Crippen LogP contribution is -1.67. The molecule has 0 radical (unpaired) electrons. The standard InChI is InChI=1S/C7H3Cl2NO/c8-4-2-1-3-5-6(4)10-7(9)11-5/h1-3H. The Bertz CT molecular complexity index is 396. The van der Waals surface area contributed by atoms with Crippen LogP contribution in [0.5, 0.6) is 0 Å². The minimum Gasteiger partial charge on any atom is -0.428 e. The quantitative estimate of drug-likeness (QED) is 0.634. The molecule has 0 aliphatic heterocycles. The van der Waals surface area contributed by atoms with Gasteiger partial charge in [0.15, 0.2) is 5.58 Å². The van der Waals surface area contributed by atoms with Gasteiger partial charge in [-0.3, -0.25) is 0 Å². The zero-order valence-electron chi connectivity index (χ0n) is 5.34. The highest BCUT2D eigenvalue weighted by molar-refractivity contribution is 6.35. The summed E-state index contributed by atoms with van der Waals surface area (Å²) in [5.74, 6) is 0. The van der Waals surface area contributed by atoms with E-state index in [1.165, 1.54) is 0 Å². The Hall–Kier alpha value is -0.730. The van der Waals surface area contributed by atoms with Gasteiger partial charge in [0.25, 0.3) is 5.35 Å². The van der Waals surface area contributed by atoms with Crippen LogP contribution in [0, 0.1) is 0 Å². The van der Waals surface area contributed by atoms with Crippen molar-refractivity contribution in [2.45, 2.75) is 0 Å². The first-order valence-electron chi connectivity index (χ1n) is 2.98. The van der Waals surface area contributed by atoms with E-state index in [1.807, 2.05) is 0 Å². The first-order valence-corrected chi connectivity index (χ1v) is 3.73. The van der Waals surface area contributed by atoms with Crippen molar-refractivity contribution in [2.24, 2.45) is 0 Å². The molecule has 0 unspecified atom stereocenters. The predicted octanol–water partition coefficient (Wildman–Crippen LogP) is 3.13. The van der Waals surface area contributed by atoms with Gasteiger partial charge in [0.1, 0.15) is 5.52 Å². The summed E-state index contributed by atoms with van der Waals surface area (Å²) in [6.45, 7) is 0. The third-order valence-electron chi connectivity index (χ3n) is 1.34. The molecule has 2 rings (SSSR count). The largest absolute Gasteiger partial charge is 0.428 e. The van der Waals surface area contributed by atoms with Crippen LogP contribution in [0.25, 0.3) is 11.1 Å². The first kappa shape index (κ1) is 6.95. The van der Waals surface area contributed by atoms with Crippen LogP contribution in [0.1, 0.15) is 0 Å². The Morgan fingerprint density at radius 2 is 2.09 bits per heavy atom. The molecule has 0 fully saturated rings. The Labute approximate surface area is 72.7 Å². The molecular weight excluding hydrogens is 185 g/mol. The molecule has 0 saturated heterocycles. The minimum atomic E-state index is 0.119. The molecule has 0 saturated carbocycles. The maximum absolute atomic E-state index is 5.79. The number of halogens is 2. The number of fused-ring (bicyclic) bond motifs is 1. The normalized spacial score (nSPS) is 10.7. The van der Waals surface area contributed by atoms with Gasteiger partial charge < -0.3 is 4.42 Å². The topological polar surface area (TPSA) is 26.0 Å². The summed E-state index contributed by atoms with van der Waals surface area (Å²) in [7, 11) is 0. The van der Waals surface area contributed by atoms with Crippen LogP contribution in [-0.4, -0.2) is 4.98 Å². The van der Waals surface area contributed by atoms with Crippen LogP contribution < -0.4 is 0 Å². The molecule has 1 heterocycles. The number of benzene rings is 1. The van der Waals surface area contributed by atoms with Crippen LogP contribution >= 0.6 is 23.2 Å². The lowest BCUT2D eigenvalue weighted by molar-refractivity contribution is 0.604. The Morgan fingerprint density at radius 3 is 2.82 bits per heavy atom. The van der Waals surface area contributed by atoms with E-state index < -0.39 is 0 Å². The van der Waals surface area contributed by atoms with Crippen LogP contribution in [-0.2, 0) is 0 Å². The van der Waals surface area contributed by atoms with Gasteiger partial charge in [0, 0.05) is 0 Å². The van der Waals surface area contributed by atoms with Gasteiger partial charge in [-0.15, -0.1) is 0 Å². The molecule has 2 aromatic rings. The molecule has 0 amide bonds. The molecule has 1 aromatic carbocycles. The van der Waals surface area contributed by atoms with Gasteiger partial charge in [-0.1, -0.05) is 17.7 Å². The number of oxazole rings is 1. The molecular formula is C7H3Cl2NO. The van der Waals surface area contributed by atoms with Crippen molar-refractivity contribution in [3.63, 3.8) is 0 Å². The molecule has 11 heavy (non-hydrogen) atoms. The molecule has 0 bridgehead atoms. The smallest absolute Gasteiger partial charge is 0.293 e. The van der Waals surface area contributed by atoms with Crippen LogP contribution in [0.15, 0.2) is 22.6 Å². The van der Waals surface area contributed by atoms with Gasteiger partial charge in [0.2, 0.25) is 0 Å². The molecule has 0 atom stereocenters. The van der Waals surface area contributed by atoms with Gasteiger partial charge in [-0.25, -0.2) is 0 Å². The number of rotatable bonds is 0. The number of aromatic nitrogens is 1. The highest BCUT2D eigenvalue weighted by atomic mass is 35.5. The van der Waals surface area contributed by atoms with E-state index in [0.717, 1.165) is 0 Å². The lowest BCUT2D eigenvalue weighted by Gasteiger charge is -1.86. The Kier molecular flexibility index (Phi) is 1.51. The van der Waals surface area contributed by atoms with Crippen molar-refractivity contribution in [1.29, 1.82) is 0 Å². The van der Waals surface area contributed by atoms with Crippen LogP contribution in [0.2, 0.25) is 10.4 Å². The van der Waals surface area contributed by atoms with Gasteiger partial charge in [-0.2, -0.15) is 4.98 Å². The molecule has 0 N–H and O–H groups in total. The minimum absolute atomic E-state index is 0.119. The summed E-state index contributed by atoms with van der Waals surface area (Å²) in [4.78, 5) is 3.88. The van der Waals surface area contributed by atoms with E-state index >= 15 is 0 Å². The second-order valence-corrected chi connectivity index (χ2v) is 2.78. The fourth-order valence-electron chi connectivity index (χ4n) is 0.888. The van der Waals surface area contributed by atoms with E-state index in [-0.39, 0.29) is 5.35 Å². The SMILES string of the molecule is Clc1nc2c(Cl)cccc2o1. The summed E-state index contributed by atoms with van der Waals surface area (Å²) in [5, 5.41) is 0.672. The Balaban J connectivity index is 2.90. The zero-order valence-corrected chi connectivity index (χ0v) is 6.86. The van der Waals surface area contributed by atoms with E-state index in [0.29, 0.717) is 16.1 Å². The summed E-state index contributed by atoms with van der Waals surface area (Å²) >= 11 is 11.3. The summed E-state index contributed by atoms with van der Waals surface area (Å²) in [5.41, 5.74) is 1.22. The zero-order chi connectivity index (χ0) is 7.84. The van der Waals surface area contributed by atoms with Gasteiger partial charge >= 0.3 is 0 Å². The molecule has 4 heteroatoms. The van der Waals surface area contributed by atoms with E-state index in [1.54, 1.807) is 18.2 Å². The third kappa shape index (κ3) is 1.08. The van der Waals surface area contributed by atoms with Crippen LogP contribution in [0.4, 0.5) is 0 Å². The summed E-state index contributed by atoms with van der Waals surface area (Å²) in [6.07, 6.45) is 0. The molecule has 0 aliphatic rings. The highest BCUT2D eigenvalue weighted by Crippen LogP contribution is 2.24. The monoisotopic (exact) mass is 187 g/mol. The molecule has 2 nitrogen and oxygen atoms in total. The molecule has 0 aliphatic carbocycles. The van der Waals surface area contributed by atoms with Crippen molar-refractivity contribution in [1.82, 2.24) is 4.98 Å². The molecule has 0 spiro atoms. The lowest BCUT2D eigenvalue weighted by atomic mass is 10.3. The highest BCUT2D eigenvalue weighted by Gasteiger charge is 2.05. The van der Waals surface area contributed by atoms with Crippen LogP contribution in [0.3, 0.4) is 0 Å². The second kappa shape index (κ2) is 2.40. The fourth-order valence-corrected chi connectivity index (χ4v) is 1.26. The fraction of sp³-hybridized carbons (Fsp3) is 0. The first-order chi connectivity index (χ1) is 5.27. The van der Waals surface area contributed by atoms with Crippen molar-refractivity contribution >= 4 is 34.3 Å². The van der Waals surface area contributed by atoms with Crippen molar-refractivity contribution in [3.8, 4) is 0 Å². The van der Waals surface area contributed by atoms with E-state index in [9.17, 15) is 0 Å². The average Bonchev–Trinajstić information content (AvgIpc) is 2.31. The number of para-hydroxylation sites is 1. The maximum Gasteiger partial charge on any atom is 0.293 e. The van der Waals surface area contributed by atoms with Gasteiger partial charge in [0.05, 0.1) is 5.02 Å². The van der Waals surface area contributed by atoms with Crippen molar-refractivity contribution < 1.29 is 4.42 Å². The third-order valence-corrected chi connectivity index (χ3v) is 1.81. The van der Waals surface area contributed by atoms with Gasteiger partial charge in [-0.05, 0) is 23.7 Å². The van der Waals surface area contributed by atoms with Crippen molar-refractivity contribution in [3.05, 3.63) is 28.6 Å². The maximum atomic E-state index is 5.79. The molecule has 56 valence electrons. The summed E-state index contributed by atoms with van der Waals surface area (Å²) in [6, 6.07) is 5.29. The molecule has 1 aromatic heterocycles. The van der Waals surface area contributed by atoms with E-state index in [2.05, 4.69) is 4.98 Å². The number of hydrogen-bond acceptors (Lipinski definition) is 2. The van der Waals surface area contributed by atoms with E-state index in [4.69, 9.17) is 27.6 Å².